The second-order valence-corrected chi connectivity index (χ2v) is 3.49. The van der Waals surface area contributed by atoms with Gasteiger partial charge in [0.05, 0.1) is 6.54 Å². The summed E-state index contributed by atoms with van der Waals surface area (Å²) in [4.78, 5) is 4.25. The predicted octanol–water partition coefficient (Wildman–Crippen LogP) is 0.895. The number of hydrogen-bond acceptors (Lipinski definition) is 3. The highest BCUT2D eigenvalue weighted by atomic mass is 19.1. The summed E-state index contributed by atoms with van der Waals surface area (Å²) in [5.41, 5.74) is 1.50. The van der Waals surface area contributed by atoms with Gasteiger partial charge in [-0.3, -0.25) is 4.99 Å². The monoisotopic (exact) mass is 207 g/mol. The normalized spacial score (nSPS) is 14.9. The van der Waals surface area contributed by atoms with Gasteiger partial charge in [-0.1, -0.05) is 12.1 Å². The molecular weight excluding hydrogens is 193 g/mol. The van der Waals surface area contributed by atoms with Crippen LogP contribution in [-0.2, 0) is 6.54 Å². The Morgan fingerprint density at radius 1 is 1.53 bits per heavy atom. The molecule has 2 N–H and O–H groups in total. The van der Waals surface area contributed by atoms with Crippen molar-refractivity contribution in [1.29, 1.82) is 0 Å². The Morgan fingerprint density at radius 2 is 2.40 bits per heavy atom. The maximum atomic E-state index is 13.6. The summed E-state index contributed by atoms with van der Waals surface area (Å²) in [7, 11) is 1.80. The van der Waals surface area contributed by atoms with Gasteiger partial charge in [-0.05, 0) is 13.1 Å². The minimum absolute atomic E-state index is 0.182. The van der Waals surface area contributed by atoms with Crippen LogP contribution in [0.15, 0.2) is 23.2 Å². The van der Waals surface area contributed by atoms with Crippen molar-refractivity contribution >= 4 is 5.84 Å². The molecule has 0 aromatic heterocycles. The van der Waals surface area contributed by atoms with Crippen LogP contribution >= 0.6 is 0 Å². The molecule has 1 aliphatic rings. The zero-order chi connectivity index (χ0) is 10.7. The maximum Gasteiger partial charge on any atom is 0.128 e. The number of hydrogen-bond donors (Lipinski definition) is 2. The molecule has 0 aliphatic carbocycles. The molecule has 15 heavy (non-hydrogen) atoms. The molecule has 3 nitrogen and oxygen atoms in total. The SMILES string of the molecule is CNCc1ccc(C2=NCCN2)cc1F. The highest BCUT2D eigenvalue weighted by Crippen LogP contribution is 2.11. The minimum Gasteiger partial charge on any atom is -0.368 e. The van der Waals surface area contributed by atoms with Gasteiger partial charge in [0.25, 0.3) is 0 Å². The summed E-state index contributed by atoms with van der Waals surface area (Å²) in [5, 5.41) is 6.05. The van der Waals surface area contributed by atoms with Crippen molar-refractivity contribution in [2.75, 3.05) is 20.1 Å². The number of halogens is 1. The van der Waals surface area contributed by atoms with Gasteiger partial charge < -0.3 is 10.6 Å². The summed E-state index contributed by atoms with van der Waals surface area (Å²) in [6.07, 6.45) is 0. The smallest absolute Gasteiger partial charge is 0.128 e. The molecule has 2 rings (SSSR count). The molecule has 0 spiro atoms. The summed E-state index contributed by atoms with van der Waals surface area (Å²) >= 11 is 0. The van der Waals surface area contributed by atoms with E-state index in [1.165, 1.54) is 6.07 Å². The first-order chi connectivity index (χ1) is 7.31. The van der Waals surface area contributed by atoms with Gasteiger partial charge in [-0.15, -0.1) is 0 Å². The van der Waals surface area contributed by atoms with Crippen molar-refractivity contribution in [3.05, 3.63) is 35.1 Å². The molecular formula is C11H14FN3. The Labute approximate surface area is 88.4 Å². The van der Waals surface area contributed by atoms with Crippen molar-refractivity contribution < 1.29 is 4.39 Å². The van der Waals surface area contributed by atoms with E-state index in [4.69, 9.17) is 0 Å². The van der Waals surface area contributed by atoms with Gasteiger partial charge in [-0.2, -0.15) is 0 Å². The zero-order valence-electron chi connectivity index (χ0n) is 8.68. The lowest BCUT2D eigenvalue weighted by Crippen LogP contribution is -2.19. The summed E-state index contributed by atoms with van der Waals surface area (Å²) in [6, 6.07) is 5.22. The first kappa shape index (κ1) is 10.1. The van der Waals surface area contributed by atoms with E-state index in [-0.39, 0.29) is 5.82 Å². The Balaban J connectivity index is 2.24. The van der Waals surface area contributed by atoms with Crippen LogP contribution in [0.25, 0.3) is 0 Å². The summed E-state index contributed by atoms with van der Waals surface area (Å²) in [5.74, 6) is 0.614. The van der Waals surface area contributed by atoms with Crippen LogP contribution in [-0.4, -0.2) is 26.0 Å². The summed E-state index contributed by atoms with van der Waals surface area (Å²) < 4.78 is 13.6. The van der Waals surface area contributed by atoms with Gasteiger partial charge in [-0.25, -0.2) is 4.39 Å². The van der Waals surface area contributed by atoms with Crippen molar-refractivity contribution in [1.82, 2.24) is 10.6 Å². The van der Waals surface area contributed by atoms with Crippen molar-refractivity contribution in [2.45, 2.75) is 6.54 Å². The standard InChI is InChI=1S/C11H14FN3/c1-13-7-9-3-2-8(6-10(9)12)11-14-4-5-15-11/h2-3,6,13H,4-5,7H2,1H3,(H,14,15). The lowest BCUT2D eigenvalue weighted by molar-refractivity contribution is 0.600. The van der Waals surface area contributed by atoms with Crippen LogP contribution in [0.4, 0.5) is 4.39 Å². The number of nitrogens with one attached hydrogen (secondary N) is 2. The maximum absolute atomic E-state index is 13.6. The highest BCUT2D eigenvalue weighted by Gasteiger charge is 2.10. The van der Waals surface area contributed by atoms with Crippen LogP contribution in [0.3, 0.4) is 0 Å². The van der Waals surface area contributed by atoms with Gasteiger partial charge in [0.2, 0.25) is 0 Å². The van der Waals surface area contributed by atoms with E-state index >= 15 is 0 Å². The molecule has 0 amide bonds. The fourth-order valence-electron chi connectivity index (χ4n) is 1.62. The zero-order valence-corrected chi connectivity index (χ0v) is 8.68. The lowest BCUT2D eigenvalue weighted by Gasteiger charge is -2.06. The highest BCUT2D eigenvalue weighted by molar-refractivity contribution is 5.99. The third-order valence-electron chi connectivity index (χ3n) is 2.37. The average molecular weight is 207 g/mol. The predicted molar refractivity (Wildman–Crippen MR) is 58.6 cm³/mol. The van der Waals surface area contributed by atoms with Gasteiger partial charge >= 0.3 is 0 Å². The molecule has 0 fully saturated rings. The number of amidine groups is 1. The molecule has 1 aromatic carbocycles. The molecule has 0 radical (unpaired) electrons. The molecule has 1 aliphatic heterocycles. The van der Waals surface area contributed by atoms with E-state index < -0.39 is 0 Å². The van der Waals surface area contributed by atoms with Gasteiger partial charge in [0.15, 0.2) is 0 Å². The molecule has 1 aromatic rings. The lowest BCUT2D eigenvalue weighted by atomic mass is 10.1. The number of rotatable bonds is 3. The largest absolute Gasteiger partial charge is 0.368 e. The molecule has 0 unspecified atom stereocenters. The van der Waals surface area contributed by atoms with E-state index in [1.54, 1.807) is 13.1 Å². The van der Waals surface area contributed by atoms with Crippen LogP contribution in [0, 0.1) is 5.82 Å². The molecule has 0 atom stereocenters. The van der Waals surface area contributed by atoms with E-state index in [1.807, 2.05) is 6.07 Å². The van der Waals surface area contributed by atoms with Gasteiger partial charge in [0, 0.05) is 24.2 Å². The fourth-order valence-corrected chi connectivity index (χ4v) is 1.62. The van der Waals surface area contributed by atoms with Crippen LogP contribution < -0.4 is 10.6 Å². The Hall–Kier alpha value is -1.42. The Morgan fingerprint density at radius 3 is 3.00 bits per heavy atom. The van der Waals surface area contributed by atoms with E-state index in [9.17, 15) is 4.39 Å². The summed E-state index contributed by atoms with van der Waals surface area (Å²) in [6.45, 7) is 2.16. The first-order valence-electron chi connectivity index (χ1n) is 5.03. The number of nitrogens with zero attached hydrogens (tertiary/aromatic N) is 1. The molecule has 0 saturated carbocycles. The Bertz CT molecular complexity index is 387. The van der Waals surface area contributed by atoms with E-state index in [0.717, 1.165) is 24.5 Å². The van der Waals surface area contributed by atoms with Crippen LogP contribution in [0.2, 0.25) is 0 Å². The van der Waals surface area contributed by atoms with Crippen molar-refractivity contribution in [2.24, 2.45) is 4.99 Å². The van der Waals surface area contributed by atoms with Gasteiger partial charge in [0.1, 0.15) is 11.7 Å². The molecule has 0 saturated heterocycles. The van der Waals surface area contributed by atoms with Crippen molar-refractivity contribution in [3.8, 4) is 0 Å². The molecule has 4 heteroatoms. The quantitative estimate of drug-likeness (QED) is 0.772. The second-order valence-electron chi connectivity index (χ2n) is 3.49. The average Bonchev–Trinajstić information content (AvgIpc) is 2.74. The topological polar surface area (TPSA) is 36.4 Å². The van der Waals surface area contributed by atoms with E-state index in [2.05, 4.69) is 15.6 Å². The number of benzene rings is 1. The minimum atomic E-state index is -0.182. The fraction of sp³-hybridized carbons (Fsp3) is 0.364. The van der Waals surface area contributed by atoms with Crippen LogP contribution in [0.5, 0.6) is 0 Å². The number of aliphatic imine (C=N–C) groups is 1. The third-order valence-corrected chi connectivity index (χ3v) is 2.37. The first-order valence-corrected chi connectivity index (χ1v) is 5.03. The molecule has 80 valence electrons. The second kappa shape index (κ2) is 4.40. The molecule has 1 heterocycles. The third kappa shape index (κ3) is 2.15. The van der Waals surface area contributed by atoms with Crippen LogP contribution in [0.1, 0.15) is 11.1 Å². The molecule has 0 bridgehead atoms. The van der Waals surface area contributed by atoms with E-state index in [0.29, 0.717) is 12.1 Å². The Kier molecular flexibility index (Phi) is 2.97. The van der Waals surface area contributed by atoms with Crippen molar-refractivity contribution in [3.63, 3.8) is 0 Å².